The molecule has 24 heavy (non-hydrogen) atoms. The van der Waals surface area contributed by atoms with E-state index in [2.05, 4.69) is 10.2 Å². The van der Waals surface area contributed by atoms with Crippen LogP contribution in [0.2, 0.25) is 0 Å². The van der Waals surface area contributed by atoms with E-state index in [1.807, 2.05) is 35.2 Å². The molecule has 2 bridgehead atoms. The molecular weight excluding hydrogens is 304 g/mol. The first-order valence-corrected chi connectivity index (χ1v) is 8.58. The second kappa shape index (κ2) is 7.21. The minimum absolute atomic E-state index is 0.0132. The molecule has 0 aliphatic carbocycles. The Kier molecular flexibility index (Phi) is 5.04. The van der Waals surface area contributed by atoms with Gasteiger partial charge in [0.25, 0.3) is 0 Å². The maximum absolute atomic E-state index is 12.4. The fourth-order valence-electron chi connectivity index (χ4n) is 3.72. The zero-order valence-corrected chi connectivity index (χ0v) is 14.4. The smallest absolute Gasteiger partial charge is 0.319 e. The number of fused-ring (bicyclic) bond motifs is 4. The van der Waals surface area contributed by atoms with Crippen molar-refractivity contribution in [3.05, 3.63) is 30.3 Å². The number of benzene rings is 1. The summed E-state index contributed by atoms with van der Waals surface area (Å²) < 4.78 is 0. The molecular formula is C18H26N4O2. The molecule has 6 nitrogen and oxygen atoms in total. The van der Waals surface area contributed by atoms with Crippen LogP contribution in [0.5, 0.6) is 0 Å². The fourth-order valence-corrected chi connectivity index (χ4v) is 3.72. The predicted octanol–water partition coefficient (Wildman–Crippen LogP) is 1.70. The lowest BCUT2D eigenvalue weighted by Crippen LogP contribution is -2.48. The van der Waals surface area contributed by atoms with Crippen molar-refractivity contribution in [2.24, 2.45) is 5.92 Å². The molecule has 0 unspecified atom stereocenters. The van der Waals surface area contributed by atoms with Gasteiger partial charge >= 0.3 is 6.03 Å². The maximum Gasteiger partial charge on any atom is 0.319 e. The molecule has 0 aromatic heterocycles. The lowest BCUT2D eigenvalue weighted by Gasteiger charge is -2.35. The van der Waals surface area contributed by atoms with Gasteiger partial charge in [-0.15, -0.1) is 0 Å². The van der Waals surface area contributed by atoms with Crippen molar-refractivity contribution < 1.29 is 9.59 Å². The Labute approximate surface area is 143 Å². The standard InChI is InChI=1S/C18H26N4O2/c1-20(2)18(24)22-11-14-8-9-16(12-22)21(10-14)13-17(23)19-15-6-4-3-5-7-15/h3-7,14,16H,8-13H2,1-2H3,(H,19,23)/t14-,16-/m1/s1. The Bertz CT molecular complexity index is 590. The van der Waals surface area contributed by atoms with E-state index >= 15 is 0 Å². The summed E-state index contributed by atoms with van der Waals surface area (Å²) >= 11 is 0. The van der Waals surface area contributed by atoms with Crippen LogP contribution < -0.4 is 5.32 Å². The number of carbonyl (C=O) groups is 2. The van der Waals surface area contributed by atoms with Crippen molar-refractivity contribution in [1.29, 1.82) is 0 Å². The van der Waals surface area contributed by atoms with E-state index in [0.29, 0.717) is 19.0 Å². The zero-order valence-electron chi connectivity index (χ0n) is 14.4. The van der Waals surface area contributed by atoms with Gasteiger partial charge in [0.2, 0.25) is 5.91 Å². The van der Waals surface area contributed by atoms with Crippen LogP contribution >= 0.6 is 0 Å². The number of hydrogen-bond donors (Lipinski definition) is 1. The molecule has 3 heterocycles. The van der Waals surface area contributed by atoms with Gasteiger partial charge in [-0.25, -0.2) is 4.79 Å². The Hall–Kier alpha value is -2.08. The quantitative estimate of drug-likeness (QED) is 0.918. The van der Waals surface area contributed by atoms with E-state index in [1.165, 1.54) is 0 Å². The molecule has 2 atom stereocenters. The Morgan fingerprint density at radius 2 is 1.88 bits per heavy atom. The minimum atomic E-state index is 0.0132. The van der Waals surface area contributed by atoms with Gasteiger partial charge in [0.05, 0.1) is 6.54 Å². The molecule has 3 saturated heterocycles. The number of rotatable bonds is 3. The van der Waals surface area contributed by atoms with Crippen molar-refractivity contribution >= 4 is 17.6 Å². The van der Waals surface area contributed by atoms with Crippen LogP contribution in [0.15, 0.2) is 30.3 Å². The van der Waals surface area contributed by atoms with Crippen LogP contribution in [-0.4, -0.2) is 73.0 Å². The maximum atomic E-state index is 12.4. The first-order valence-electron chi connectivity index (χ1n) is 8.58. The molecule has 130 valence electrons. The molecule has 1 aromatic rings. The van der Waals surface area contributed by atoms with Gasteiger partial charge in [0, 0.05) is 45.5 Å². The normalized spacial score (nSPS) is 23.7. The predicted molar refractivity (Wildman–Crippen MR) is 93.8 cm³/mol. The van der Waals surface area contributed by atoms with Crippen LogP contribution in [-0.2, 0) is 4.79 Å². The molecule has 3 aliphatic heterocycles. The minimum Gasteiger partial charge on any atom is -0.331 e. The number of amides is 3. The summed E-state index contributed by atoms with van der Waals surface area (Å²) in [5, 5.41) is 2.95. The van der Waals surface area contributed by atoms with Crippen LogP contribution in [0, 0.1) is 5.92 Å². The summed E-state index contributed by atoms with van der Waals surface area (Å²) in [7, 11) is 3.58. The van der Waals surface area contributed by atoms with E-state index in [1.54, 1.807) is 19.0 Å². The molecule has 4 rings (SSSR count). The van der Waals surface area contributed by atoms with Gasteiger partial charge in [-0.05, 0) is 30.9 Å². The van der Waals surface area contributed by atoms with Crippen LogP contribution in [0.4, 0.5) is 10.5 Å². The molecule has 0 radical (unpaired) electrons. The Morgan fingerprint density at radius 3 is 2.58 bits per heavy atom. The third-order valence-corrected chi connectivity index (χ3v) is 4.88. The number of piperidine rings is 1. The summed E-state index contributed by atoms with van der Waals surface area (Å²) in [6, 6.07) is 9.88. The van der Waals surface area contributed by atoms with Crippen molar-refractivity contribution in [1.82, 2.24) is 14.7 Å². The average molecular weight is 330 g/mol. The molecule has 3 fully saturated rings. The molecule has 3 aliphatic rings. The van der Waals surface area contributed by atoms with E-state index in [0.717, 1.165) is 31.6 Å². The highest BCUT2D eigenvalue weighted by molar-refractivity contribution is 5.92. The SMILES string of the molecule is CN(C)C(=O)N1C[C@@H]2CC[C@H](C1)N(CC(=O)Nc1ccccc1)C2. The third-order valence-electron chi connectivity index (χ3n) is 4.88. The largest absolute Gasteiger partial charge is 0.331 e. The van der Waals surface area contributed by atoms with Crippen LogP contribution in [0.1, 0.15) is 12.8 Å². The van der Waals surface area contributed by atoms with Gasteiger partial charge in [-0.1, -0.05) is 18.2 Å². The van der Waals surface area contributed by atoms with E-state index in [4.69, 9.17) is 0 Å². The summed E-state index contributed by atoms with van der Waals surface area (Å²) in [4.78, 5) is 30.5. The lowest BCUT2D eigenvalue weighted by atomic mass is 9.95. The molecule has 0 spiro atoms. The highest BCUT2D eigenvalue weighted by Gasteiger charge is 2.37. The van der Waals surface area contributed by atoms with Gasteiger partial charge in [0.1, 0.15) is 0 Å². The highest BCUT2D eigenvalue weighted by atomic mass is 16.2. The second-order valence-corrected chi connectivity index (χ2v) is 7.02. The van der Waals surface area contributed by atoms with Crippen molar-refractivity contribution in [2.75, 3.05) is 45.6 Å². The van der Waals surface area contributed by atoms with Gasteiger partial charge in [-0.2, -0.15) is 0 Å². The number of carbonyl (C=O) groups excluding carboxylic acids is 2. The molecule has 6 heteroatoms. The number of anilines is 1. The van der Waals surface area contributed by atoms with Crippen molar-refractivity contribution in [3.8, 4) is 0 Å². The fraction of sp³-hybridized carbons (Fsp3) is 0.556. The number of urea groups is 1. The van der Waals surface area contributed by atoms with Crippen molar-refractivity contribution in [3.63, 3.8) is 0 Å². The molecule has 3 amide bonds. The Balaban J connectivity index is 1.61. The van der Waals surface area contributed by atoms with Gasteiger partial charge in [-0.3, -0.25) is 9.69 Å². The second-order valence-electron chi connectivity index (χ2n) is 7.02. The zero-order chi connectivity index (χ0) is 17.1. The van der Waals surface area contributed by atoms with Crippen molar-refractivity contribution in [2.45, 2.75) is 18.9 Å². The van der Waals surface area contributed by atoms with Gasteiger partial charge < -0.3 is 15.1 Å². The lowest BCUT2D eigenvalue weighted by molar-refractivity contribution is -0.118. The number of nitrogens with zero attached hydrogens (tertiary/aromatic N) is 3. The molecule has 1 N–H and O–H groups in total. The third kappa shape index (κ3) is 3.87. The van der Waals surface area contributed by atoms with Crippen LogP contribution in [0.3, 0.4) is 0 Å². The molecule has 1 aromatic carbocycles. The summed E-state index contributed by atoms with van der Waals surface area (Å²) in [6.07, 6.45) is 2.19. The van der Waals surface area contributed by atoms with E-state index < -0.39 is 0 Å². The van der Waals surface area contributed by atoms with E-state index in [9.17, 15) is 9.59 Å². The monoisotopic (exact) mass is 330 g/mol. The van der Waals surface area contributed by atoms with Crippen LogP contribution in [0.25, 0.3) is 0 Å². The highest BCUT2D eigenvalue weighted by Crippen LogP contribution is 2.28. The van der Waals surface area contributed by atoms with E-state index in [-0.39, 0.29) is 18.0 Å². The first kappa shape index (κ1) is 16.8. The Morgan fingerprint density at radius 1 is 1.12 bits per heavy atom. The number of para-hydroxylation sites is 1. The summed E-state index contributed by atoms with van der Waals surface area (Å²) in [5.74, 6) is 0.469. The summed E-state index contributed by atoms with van der Waals surface area (Å²) in [6.45, 7) is 2.79. The summed E-state index contributed by atoms with van der Waals surface area (Å²) in [5.41, 5.74) is 0.826. The number of nitrogens with one attached hydrogen (secondary N) is 1. The average Bonchev–Trinajstić information content (AvgIpc) is 2.86. The topological polar surface area (TPSA) is 55.9 Å². The first-order chi connectivity index (χ1) is 11.5. The molecule has 0 saturated carbocycles. The number of hydrogen-bond acceptors (Lipinski definition) is 3. The van der Waals surface area contributed by atoms with Gasteiger partial charge in [0.15, 0.2) is 0 Å².